The van der Waals surface area contributed by atoms with Gasteiger partial charge < -0.3 is 0 Å². The highest BCUT2D eigenvalue weighted by molar-refractivity contribution is 6.04. The van der Waals surface area contributed by atoms with Gasteiger partial charge in [-0.3, -0.25) is 4.99 Å². The summed E-state index contributed by atoms with van der Waals surface area (Å²) in [5, 5.41) is 8.41. The number of aliphatic imine (C=N–C) groups is 1. The van der Waals surface area contributed by atoms with E-state index >= 15 is 0 Å². The van der Waals surface area contributed by atoms with Crippen LogP contribution in [0.15, 0.2) is 28.9 Å². The zero-order valence-electron chi connectivity index (χ0n) is 5.18. The van der Waals surface area contributed by atoms with Gasteiger partial charge in [0.05, 0.1) is 17.0 Å². The van der Waals surface area contributed by atoms with Gasteiger partial charge in [-0.25, -0.2) is 0 Å². The molecule has 0 saturated carbocycles. The smallest absolute Gasteiger partial charge is 0.101 e. The highest BCUT2D eigenvalue weighted by Gasteiger charge is 2.06. The molecule has 1 rings (SSSR count). The summed E-state index contributed by atoms with van der Waals surface area (Å²) in [7, 11) is 0. The zero-order valence-corrected chi connectivity index (χ0v) is 5.18. The average molecular weight is 118 g/mol. The third-order valence-corrected chi connectivity index (χ3v) is 1.13. The van der Waals surface area contributed by atoms with Crippen molar-refractivity contribution in [2.24, 2.45) is 4.99 Å². The summed E-state index contributed by atoms with van der Waals surface area (Å²) in [4.78, 5) is 3.95. The Bertz CT molecular complexity index is 251. The molecule has 2 nitrogen and oxygen atoms in total. The van der Waals surface area contributed by atoms with Gasteiger partial charge in [0.1, 0.15) is 6.07 Å². The molecule has 1 aliphatic rings. The highest BCUT2D eigenvalue weighted by Crippen LogP contribution is 2.12. The van der Waals surface area contributed by atoms with Crippen LogP contribution in [0.1, 0.15) is 6.92 Å². The lowest BCUT2D eigenvalue weighted by atomic mass is 10.2. The lowest BCUT2D eigenvalue weighted by Crippen LogP contribution is -1.87. The summed E-state index contributed by atoms with van der Waals surface area (Å²) in [6.45, 7) is 5.39. The van der Waals surface area contributed by atoms with Gasteiger partial charge in [0.2, 0.25) is 0 Å². The number of allylic oxidation sites excluding steroid dienone is 2. The van der Waals surface area contributed by atoms with Crippen LogP contribution >= 0.6 is 0 Å². The first-order valence-corrected chi connectivity index (χ1v) is 2.60. The zero-order chi connectivity index (χ0) is 6.85. The monoisotopic (exact) mass is 118 g/mol. The van der Waals surface area contributed by atoms with Crippen molar-refractivity contribution in [2.75, 3.05) is 0 Å². The van der Waals surface area contributed by atoms with Crippen molar-refractivity contribution in [3.63, 3.8) is 0 Å². The SMILES string of the molecule is C=C1C=C(C#N)C(C)=N1. The Labute approximate surface area is 53.8 Å². The van der Waals surface area contributed by atoms with Crippen molar-refractivity contribution in [3.05, 3.63) is 23.9 Å². The second kappa shape index (κ2) is 1.87. The van der Waals surface area contributed by atoms with E-state index in [9.17, 15) is 0 Å². The van der Waals surface area contributed by atoms with Crippen molar-refractivity contribution in [2.45, 2.75) is 6.92 Å². The van der Waals surface area contributed by atoms with Gasteiger partial charge in [0, 0.05) is 0 Å². The molecule has 0 unspecified atom stereocenters. The Morgan fingerprint density at radius 3 is 2.67 bits per heavy atom. The number of hydrogen-bond acceptors (Lipinski definition) is 2. The fourth-order valence-electron chi connectivity index (χ4n) is 0.692. The minimum absolute atomic E-state index is 0.625. The summed E-state index contributed by atoms with van der Waals surface area (Å²) < 4.78 is 0. The molecule has 0 aromatic carbocycles. The molecular weight excluding hydrogens is 112 g/mol. The molecule has 0 spiro atoms. The third-order valence-electron chi connectivity index (χ3n) is 1.13. The Hall–Kier alpha value is -1.36. The van der Waals surface area contributed by atoms with E-state index in [2.05, 4.69) is 11.6 Å². The summed E-state index contributed by atoms with van der Waals surface area (Å²) in [6, 6.07) is 2.01. The topological polar surface area (TPSA) is 36.1 Å². The lowest BCUT2D eigenvalue weighted by Gasteiger charge is -1.81. The Kier molecular flexibility index (Phi) is 1.20. The molecule has 0 amide bonds. The van der Waals surface area contributed by atoms with E-state index in [1.165, 1.54) is 0 Å². The van der Waals surface area contributed by atoms with Gasteiger partial charge in [-0.1, -0.05) is 6.58 Å². The minimum Gasteiger partial charge on any atom is -0.253 e. The standard InChI is InChI=1S/C7H6N2/c1-5-3-7(4-8)6(2)9-5/h3H,1H2,2H3. The van der Waals surface area contributed by atoms with Gasteiger partial charge in [0.15, 0.2) is 0 Å². The highest BCUT2D eigenvalue weighted by atomic mass is 14.8. The summed E-state index contributed by atoms with van der Waals surface area (Å²) >= 11 is 0. The van der Waals surface area contributed by atoms with Crippen molar-refractivity contribution in [1.29, 1.82) is 5.26 Å². The molecule has 1 heterocycles. The average Bonchev–Trinajstić information content (AvgIpc) is 2.10. The Morgan fingerprint density at radius 1 is 1.78 bits per heavy atom. The maximum Gasteiger partial charge on any atom is 0.101 e. The number of hydrogen-bond donors (Lipinski definition) is 0. The van der Waals surface area contributed by atoms with Gasteiger partial charge in [-0.05, 0) is 13.0 Å². The van der Waals surface area contributed by atoms with Crippen LogP contribution in [0.4, 0.5) is 0 Å². The first-order valence-electron chi connectivity index (χ1n) is 2.60. The lowest BCUT2D eigenvalue weighted by molar-refractivity contribution is 1.47. The molecule has 0 aromatic rings. The van der Waals surface area contributed by atoms with Crippen LogP contribution in [0.25, 0.3) is 0 Å². The Balaban J connectivity index is 3.04. The fourth-order valence-corrected chi connectivity index (χ4v) is 0.692. The number of rotatable bonds is 0. The van der Waals surface area contributed by atoms with Gasteiger partial charge in [0.25, 0.3) is 0 Å². The predicted molar refractivity (Wildman–Crippen MR) is 35.9 cm³/mol. The molecule has 44 valence electrons. The second-order valence-electron chi connectivity index (χ2n) is 1.86. The fraction of sp³-hybridized carbons (Fsp3) is 0.143. The van der Waals surface area contributed by atoms with E-state index in [1.807, 2.05) is 6.07 Å². The molecule has 0 atom stereocenters. The van der Waals surface area contributed by atoms with Crippen LogP contribution in [0.3, 0.4) is 0 Å². The molecule has 0 saturated heterocycles. The van der Waals surface area contributed by atoms with E-state index < -0.39 is 0 Å². The van der Waals surface area contributed by atoms with E-state index in [1.54, 1.807) is 13.0 Å². The molecule has 2 heteroatoms. The third kappa shape index (κ3) is 0.895. The normalized spacial score (nSPS) is 16.7. The largest absolute Gasteiger partial charge is 0.253 e. The molecule has 0 bridgehead atoms. The van der Waals surface area contributed by atoms with Crippen molar-refractivity contribution < 1.29 is 0 Å². The van der Waals surface area contributed by atoms with E-state index in [0.29, 0.717) is 11.3 Å². The van der Waals surface area contributed by atoms with Crippen LogP contribution < -0.4 is 0 Å². The molecule has 0 fully saturated rings. The molecule has 1 aliphatic heterocycles. The molecule has 9 heavy (non-hydrogen) atoms. The molecule has 0 radical (unpaired) electrons. The minimum atomic E-state index is 0.625. The van der Waals surface area contributed by atoms with E-state index in [-0.39, 0.29) is 0 Å². The molecular formula is C7H6N2. The molecule has 0 aromatic heterocycles. The number of nitrogens with zero attached hydrogens (tertiary/aromatic N) is 2. The van der Waals surface area contributed by atoms with Crippen molar-refractivity contribution in [3.8, 4) is 6.07 Å². The summed E-state index contributed by atoms with van der Waals surface area (Å²) in [5.74, 6) is 0. The Morgan fingerprint density at radius 2 is 2.44 bits per heavy atom. The van der Waals surface area contributed by atoms with Crippen molar-refractivity contribution >= 4 is 5.71 Å². The summed E-state index contributed by atoms with van der Waals surface area (Å²) in [5.41, 5.74) is 2.06. The van der Waals surface area contributed by atoms with Gasteiger partial charge >= 0.3 is 0 Å². The predicted octanol–water partition coefficient (Wildman–Crippen LogP) is 1.42. The van der Waals surface area contributed by atoms with Crippen LogP contribution in [0.2, 0.25) is 0 Å². The van der Waals surface area contributed by atoms with Crippen LogP contribution in [0.5, 0.6) is 0 Å². The van der Waals surface area contributed by atoms with Crippen LogP contribution in [-0.2, 0) is 0 Å². The maximum absolute atomic E-state index is 8.41. The molecule has 0 aliphatic carbocycles. The van der Waals surface area contributed by atoms with Crippen LogP contribution in [-0.4, -0.2) is 5.71 Å². The van der Waals surface area contributed by atoms with Crippen molar-refractivity contribution in [1.82, 2.24) is 0 Å². The summed E-state index contributed by atoms with van der Waals surface area (Å²) in [6.07, 6.45) is 1.68. The second-order valence-corrected chi connectivity index (χ2v) is 1.86. The first kappa shape index (κ1) is 5.77. The van der Waals surface area contributed by atoms with E-state index in [4.69, 9.17) is 5.26 Å². The molecule has 0 N–H and O–H groups in total. The number of nitriles is 1. The quantitative estimate of drug-likeness (QED) is 0.474. The first-order chi connectivity index (χ1) is 4.24. The van der Waals surface area contributed by atoms with Gasteiger partial charge in [-0.2, -0.15) is 5.26 Å². The van der Waals surface area contributed by atoms with Gasteiger partial charge in [-0.15, -0.1) is 0 Å². The van der Waals surface area contributed by atoms with Crippen LogP contribution in [0, 0.1) is 11.3 Å². The maximum atomic E-state index is 8.41. The van der Waals surface area contributed by atoms with E-state index in [0.717, 1.165) is 5.71 Å².